The fourth-order valence-electron chi connectivity index (χ4n) is 2.73. The molecule has 1 fully saturated rings. The molecule has 0 aliphatic heterocycles. The third-order valence-electron chi connectivity index (χ3n) is 4.39. The van der Waals surface area contributed by atoms with Gasteiger partial charge >= 0.3 is 0 Å². The van der Waals surface area contributed by atoms with Crippen molar-refractivity contribution >= 4 is 40.9 Å². The van der Waals surface area contributed by atoms with Crippen LogP contribution in [0.4, 0.5) is 4.39 Å². The zero-order valence-electron chi connectivity index (χ0n) is 15.0. The Morgan fingerprint density at radius 1 is 1.21 bits per heavy atom. The molecule has 29 heavy (non-hydrogen) atoms. The zero-order chi connectivity index (χ0) is 20.5. The van der Waals surface area contributed by atoms with E-state index < -0.39 is 5.25 Å². The van der Waals surface area contributed by atoms with Gasteiger partial charge < -0.3 is 11.2 Å². The van der Waals surface area contributed by atoms with Gasteiger partial charge in [0, 0.05) is 16.6 Å². The normalized spacial score (nSPS) is 14.6. The number of nitrogen functional groups attached to an aromatic ring is 1. The molecule has 0 saturated heterocycles. The minimum absolute atomic E-state index is 0.183. The third kappa shape index (κ3) is 4.49. The Kier molecular flexibility index (Phi) is 5.67. The molecule has 1 unspecified atom stereocenters. The number of hydrogen-bond donors (Lipinski definition) is 2. The first-order valence-electron chi connectivity index (χ1n) is 8.81. The molecule has 3 aromatic rings. The van der Waals surface area contributed by atoms with E-state index in [4.69, 9.17) is 29.0 Å². The minimum Gasteiger partial charge on any atom is -0.352 e. The second-order valence-electron chi connectivity index (χ2n) is 6.63. The van der Waals surface area contributed by atoms with Gasteiger partial charge in [-0.05, 0) is 48.7 Å². The number of halogens is 3. The maximum Gasteiger partial charge on any atom is 0.238 e. The highest BCUT2D eigenvalue weighted by Crippen LogP contribution is 2.37. The van der Waals surface area contributed by atoms with Crippen molar-refractivity contribution in [3.8, 4) is 11.4 Å². The van der Waals surface area contributed by atoms with E-state index in [1.165, 1.54) is 16.8 Å². The van der Waals surface area contributed by atoms with E-state index in [-0.39, 0.29) is 17.8 Å². The highest BCUT2D eigenvalue weighted by atomic mass is 35.5. The van der Waals surface area contributed by atoms with Crippen molar-refractivity contribution in [2.45, 2.75) is 29.3 Å². The summed E-state index contributed by atoms with van der Waals surface area (Å²) >= 11 is 13.4. The average molecular weight is 452 g/mol. The van der Waals surface area contributed by atoms with E-state index in [9.17, 15) is 9.18 Å². The van der Waals surface area contributed by atoms with Gasteiger partial charge in [-0.15, -0.1) is 10.2 Å². The fourth-order valence-corrected chi connectivity index (χ4v) is 4.07. The van der Waals surface area contributed by atoms with Crippen LogP contribution < -0.4 is 11.2 Å². The molecule has 0 spiro atoms. The van der Waals surface area contributed by atoms with Gasteiger partial charge in [0.1, 0.15) is 11.1 Å². The van der Waals surface area contributed by atoms with E-state index in [0.29, 0.717) is 32.2 Å². The highest BCUT2D eigenvalue weighted by molar-refractivity contribution is 8.00. The third-order valence-corrected chi connectivity index (χ3v) is 6.17. The Morgan fingerprint density at radius 3 is 2.62 bits per heavy atom. The molecule has 4 rings (SSSR count). The molecule has 0 bridgehead atoms. The van der Waals surface area contributed by atoms with E-state index in [1.807, 2.05) is 0 Å². The topological polar surface area (TPSA) is 85.8 Å². The molecule has 1 aliphatic carbocycles. The molecule has 3 N–H and O–H groups in total. The summed E-state index contributed by atoms with van der Waals surface area (Å²) in [7, 11) is 0. The van der Waals surface area contributed by atoms with Crippen LogP contribution in [0.25, 0.3) is 11.4 Å². The molecule has 0 radical (unpaired) electrons. The largest absolute Gasteiger partial charge is 0.352 e. The van der Waals surface area contributed by atoms with Crippen LogP contribution in [0.3, 0.4) is 0 Å². The van der Waals surface area contributed by atoms with Crippen LogP contribution in [0.5, 0.6) is 0 Å². The Labute approximate surface area is 180 Å². The lowest BCUT2D eigenvalue weighted by molar-refractivity contribution is -0.120. The number of nitrogens with one attached hydrogen (secondary N) is 1. The van der Waals surface area contributed by atoms with Crippen LogP contribution in [0.1, 0.15) is 23.7 Å². The molecule has 10 heteroatoms. The number of carbonyl (C=O) groups excluding carboxylic acids is 1. The number of thioether (sulfide) groups is 1. The van der Waals surface area contributed by atoms with Crippen LogP contribution in [-0.4, -0.2) is 26.8 Å². The average Bonchev–Trinajstić information content (AvgIpc) is 3.44. The summed E-state index contributed by atoms with van der Waals surface area (Å²) in [6, 6.07) is 10.9. The maximum atomic E-state index is 13.3. The van der Waals surface area contributed by atoms with Crippen molar-refractivity contribution in [3.63, 3.8) is 0 Å². The molecule has 150 valence electrons. The van der Waals surface area contributed by atoms with Crippen molar-refractivity contribution in [1.29, 1.82) is 0 Å². The van der Waals surface area contributed by atoms with Gasteiger partial charge in [-0.2, -0.15) is 0 Å². The van der Waals surface area contributed by atoms with Gasteiger partial charge in [-0.25, -0.2) is 9.07 Å². The fraction of sp³-hybridized carbons (Fsp3) is 0.211. The first kappa shape index (κ1) is 20.0. The monoisotopic (exact) mass is 451 g/mol. The van der Waals surface area contributed by atoms with Crippen LogP contribution in [-0.2, 0) is 4.79 Å². The molecule has 1 aliphatic rings. The Balaban J connectivity index is 1.65. The van der Waals surface area contributed by atoms with Crippen LogP contribution in [0.2, 0.25) is 10.0 Å². The summed E-state index contributed by atoms with van der Waals surface area (Å²) in [5.74, 6) is 5.96. The van der Waals surface area contributed by atoms with Crippen LogP contribution in [0, 0.1) is 5.82 Å². The number of rotatable bonds is 6. The standard InChI is InChI=1S/C19H16Cl2FN5OS/c20-11-3-8-15(21)14(9-11)17-25-26-19(27(17)23)29-16(18(28)24-13-6-7-13)10-1-4-12(22)5-2-10/h1-5,8-9,13,16H,6-7,23H2,(H,24,28). The Morgan fingerprint density at radius 2 is 1.93 bits per heavy atom. The molecule has 1 heterocycles. The van der Waals surface area contributed by atoms with Gasteiger partial charge in [0.2, 0.25) is 11.1 Å². The lowest BCUT2D eigenvalue weighted by Crippen LogP contribution is -2.30. The highest BCUT2D eigenvalue weighted by Gasteiger charge is 2.31. The molecule has 2 aromatic carbocycles. The van der Waals surface area contributed by atoms with Crippen molar-refractivity contribution in [1.82, 2.24) is 20.2 Å². The summed E-state index contributed by atoms with van der Waals surface area (Å²) in [6.45, 7) is 0. The lowest BCUT2D eigenvalue weighted by atomic mass is 10.1. The number of amides is 1. The molecular formula is C19H16Cl2FN5OS. The van der Waals surface area contributed by atoms with E-state index in [0.717, 1.165) is 24.6 Å². The predicted octanol–water partition coefficient (Wildman–Crippen LogP) is 4.22. The van der Waals surface area contributed by atoms with Gasteiger partial charge in [-0.1, -0.05) is 47.1 Å². The number of aromatic nitrogens is 3. The van der Waals surface area contributed by atoms with E-state index in [2.05, 4.69) is 15.5 Å². The van der Waals surface area contributed by atoms with Crippen LogP contribution >= 0.6 is 35.0 Å². The number of nitrogens with zero attached hydrogens (tertiary/aromatic N) is 3. The van der Waals surface area contributed by atoms with Crippen molar-refractivity contribution in [3.05, 3.63) is 63.9 Å². The quantitative estimate of drug-likeness (QED) is 0.432. The molecular weight excluding hydrogens is 436 g/mol. The summed E-state index contributed by atoms with van der Waals surface area (Å²) in [5, 5.41) is 11.8. The second-order valence-corrected chi connectivity index (χ2v) is 8.55. The molecule has 1 saturated carbocycles. The lowest BCUT2D eigenvalue weighted by Gasteiger charge is -2.16. The van der Waals surface area contributed by atoms with Crippen LogP contribution in [0.15, 0.2) is 47.6 Å². The van der Waals surface area contributed by atoms with Crippen molar-refractivity contribution < 1.29 is 9.18 Å². The smallest absolute Gasteiger partial charge is 0.238 e. The Hall–Kier alpha value is -2.29. The minimum atomic E-state index is -0.662. The first-order valence-corrected chi connectivity index (χ1v) is 10.4. The summed E-state index contributed by atoms with van der Waals surface area (Å²) in [4.78, 5) is 12.8. The molecule has 1 aromatic heterocycles. The number of benzene rings is 2. The van der Waals surface area contributed by atoms with Gasteiger partial charge in [-0.3, -0.25) is 4.79 Å². The first-order chi connectivity index (χ1) is 13.9. The second kappa shape index (κ2) is 8.22. The van der Waals surface area contributed by atoms with Gasteiger partial charge in [0.05, 0.1) is 5.02 Å². The van der Waals surface area contributed by atoms with Crippen molar-refractivity contribution in [2.24, 2.45) is 0 Å². The number of hydrogen-bond acceptors (Lipinski definition) is 5. The maximum absolute atomic E-state index is 13.3. The summed E-state index contributed by atoms with van der Waals surface area (Å²) in [6.07, 6.45) is 1.91. The van der Waals surface area contributed by atoms with E-state index >= 15 is 0 Å². The number of carbonyl (C=O) groups is 1. The molecule has 6 nitrogen and oxygen atoms in total. The molecule has 1 amide bonds. The number of nitrogens with two attached hydrogens (primary N) is 1. The SMILES string of the molecule is Nn1c(SC(C(=O)NC2CC2)c2ccc(F)cc2)nnc1-c1cc(Cl)ccc1Cl. The van der Waals surface area contributed by atoms with Gasteiger partial charge in [0.25, 0.3) is 0 Å². The van der Waals surface area contributed by atoms with Gasteiger partial charge in [0.15, 0.2) is 5.82 Å². The van der Waals surface area contributed by atoms with Crippen molar-refractivity contribution in [2.75, 3.05) is 5.84 Å². The Bertz CT molecular complexity index is 1060. The summed E-state index contributed by atoms with van der Waals surface area (Å²) < 4.78 is 14.6. The predicted molar refractivity (Wildman–Crippen MR) is 112 cm³/mol. The summed E-state index contributed by atoms with van der Waals surface area (Å²) in [5.41, 5.74) is 1.17. The van der Waals surface area contributed by atoms with E-state index in [1.54, 1.807) is 30.3 Å². The molecule has 1 atom stereocenters. The zero-order valence-corrected chi connectivity index (χ0v) is 17.3.